The number of ether oxygens (including phenoxy) is 1. The Morgan fingerprint density at radius 1 is 1.17 bits per heavy atom. The number of amides is 1. The Morgan fingerprint density at radius 3 is 2.86 bits per heavy atom. The molecule has 0 saturated carbocycles. The van der Waals surface area contributed by atoms with Crippen molar-refractivity contribution >= 4 is 22.8 Å². The van der Waals surface area contributed by atoms with Gasteiger partial charge in [0.25, 0.3) is 0 Å². The minimum absolute atomic E-state index is 0.151. The summed E-state index contributed by atoms with van der Waals surface area (Å²) in [6.07, 6.45) is 5.22. The zero-order valence-electron chi connectivity index (χ0n) is 16.7. The summed E-state index contributed by atoms with van der Waals surface area (Å²) in [6, 6.07) is 8.23. The maximum atomic E-state index is 13.1. The molecule has 2 aromatic heterocycles. The van der Waals surface area contributed by atoms with E-state index in [1.54, 1.807) is 0 Å². The number of carbonyl (C=O) groups is 1. The first-order valence-electron chi connectivity index (χ1n) is 10.2. The number of nitrogens with zero attached hydrogens (tertiary/aromatic N) is 5. The molecule has 5 rings (SSSR count). The molecular formula is C22H25N5O2. The smallest absolute Gasteiger partial charge is 0.227 e. The molecule has 1 fully saturated rings. The number of carbonyl (C=O) groups excluding carboxylic acids is 1. The van der Waals surface area contributed by atoms with E-state index in [1.165, 1.54) is 0 Å². The second-order valence-corrected chi connectivity index (χ2v) is 7.77. The summed E-state index contributed by atoms with van der Waals surface area (Å²) in [5.41, 5.74) is 4.35. The van der Waals surface area contributed by atoms with E-state index >= 15 is 0 Å². The van der Waals surface area contributed by atoms with Crippen LogP contribution >= 0.6 is 0 Å². The Morgan fingerprint density at radius 2 is 2.00 bits per heavy atom. The molecule has 0 atom stereocenters. The predicted molar refractivity (Wildman–Crippen MR) is 111 cm³/mol. The highest BCUT2D eigenvalue weighted by atomic mass is 16.5. The van der Waals surface area contributed by atoms with Crippen LogP contribution < -0.4 is 4.90 Å². The third-order valence-electron chi connectivity index (χ3n) is 5.90. The Hall–Kier alpha value is -2.93. The van der Waals surface area contributed by atoms with Crippen molar-refractivity contribution in [3.63, 3.8) is 0 Å². The first kappa shape index (κ1) is 18.1. The van der Waals surface area contributed by atoms with Crippen molar-refractivity contribution in [1.29, 1.82) is 0 Å². The Balaban J connectivity index is 1.33. The van der Waals surface area contributed by atoms with Gasteiger partial charge in [-0.2, -0.15) is 0 Å². The van der Waals surface area contributed by atoms with Crippen LogP contribution in [0.1, 0.15) is 16.8 Å². The van der Waals surface area contributed by atoms with E-state index < -0.39 is 0 Å². The SMILES string of the molecule is Cn1cc(CC(=O)N2CCc3cnc(N4CCOCC4)nc3C2)c2ccccc21. The second kappa shape index (κ2) is 7.48. The third-order valence-corrected chi connectivity index (χ3v) is 5.90. The summed E-state index contributed by atoms with van der Waals surface area (Å²) in [6.45, 7) is 4.30. The highest BCUT2D eigenvalue weighted by Crippen LogP contribution is 2.24. The van der Waals surface area contributed by atoms with E-state index in [1.807, 2.05) is 30.3 Å². The van der Waals surface area contributed by atoms with Crippen LogP contribution in [0.3, 0.4) is 0 Å². The topological polar surface area (TPSA) is 63.5 Å². The molecule has 29 heavy (non-hydrogen) atoms. The van der Waals surface area contributed by atoms with Crippen LogP contribution in [0.2, 0.25) is 0 Å². The fourth-order valence-electron chi connectivity index (χ4n) is 4.26. The summed E-state index contributed by atoms with van der Waals surface area (Å²) < 4.78 is 7.51. The van der Waals surface area contributed by atoms with E-state index in [4.69, 9.17) is 9.72 Å². The number of fused-ring (bicyclic) bond motifs is 2. The van der Waals surface area contributed by atoms with Crippen LogP contribution in [0, 0.1) is 0 Å². The molecule has 150 valence electrons. The van der Waals surface area contributed by atoms with Crippen molar-refractivity contribution in [2.24, 2.45) is 7.05 Å². The highest BCUT2D eigenvalue weighted by molar-refractivity contribution is 5.89. The number of benzene rings is 1. The van der Waals surface area contributed by atoms with Gasteiger partial charge in [0.15, 0.2) is 0 Å². The number of hydrogen-bond donors (Lipinski definition) is 0. The molecule has 2 aliphatic rings. The monoisotopic (exact) mass is 391 g/mol. The molecule has 4 heterocycles. The number of morpholine rings is 1. The normalized spacial score (nSPS) is 16.9. The van der Waals surface area contributed by atoms with Gasteiger partial charge in [0, 0.05) is 50.0 Å². The van der Waals surface area contributed by atoms with E-state index in [0.29, 0.717) is 26.2 Å². The molecule has 0 radical (unpaired) electrons. The van der Waals surface area contributed by atoms with Crippen molar-refractivity contribution in [2.75, 3.05) is 37.7 Å². The summed E-state index contributed by atoms with van der Waals surface area (Å²) in [5.74, 6) is 0.897. The molecule has 7 nitrogen and oxygen atoms in total. The molecule has 2 aliphatic heterocycles. The average Bonchev–Trinajstić information content (AvgIpc) is 3.09. The fourth-order valence-corrected chi connectivity index (χ4v) is 4.26. The van der Waals surface area contributed by atoms with Crippen LogP contribution in [0.15, 0.2) is 36.7 Å². The zero-order chi connectivity index (χ0) is 19.8. The number of para-hydroxylation sites is 1. The van der Waals surface area contributed by atoms with Gasteiger partial charge in [-0.1, -0.05) is 18.2 Å². The molecular weight excluding hydrogens is 366 g/mol. The summed E-state index contributed by atoms with van der Waals surface area (Å²) in [5, 5.41) is 1.15. The van der Waals surface area contributed by atoms with Crippen LogP contribution in [-0.4, -0.2) is 58.2 Å². The zero-order valence-corrected chi connectivity index (χ0v) is 16.7. The second-order valence-electron chi connectivity index (χ2n) is 7.77. The predicted octanol–water partition coefficient (Wildman–Crippen LogP) is 1.93. The minimum atomic E-state index is 0.151. The van der Waals surface area contributed by atoms with E-state index in [2.05, 4.69) is 32.8 Å². The van der Waals surface area contributed by atoms with E-state index in [-0.39, 0.29) is 5.91 Å². The molecule has 1 aromatic carbocycles. The van der Waals surface area contributed by atoms with Crippen molar-refractivity contribution in [1.82, 2.24) is 19.4 Å². The molecule has 7 heteroatoms. The van der Waals surface area contributed by atoms with Crippen molar-refractivity contribution in [3.05, 3.63) is 53.5 Å². The highest BCUT2D eigenvalue weighted by Gasteiger charge is 2.24. The van der Waals surface area contributed by atoms with Gasteiger partial charge < -0.3 is 19.1 Å². The first-order valence-corrected chi connectivity index (χ1v) is 10.2. The molecule has 3 aromatic rings. The summed E-state index contributed by atoms with van der Waals surface area (Å²) in [4.78, 5) is 26.5. The molecule has 0 unspecified atom stereocenters. The van der Waals surface area contributed by atoms with Crippen LogP contribution in [0.5, 0.6) is 0 Å². The van der Waals surface area contributed by atoms with Crippen LogP contribution in [0.25, 0.3) is 10.9 Å². The largest absolute Gasteiger partial charge is 0.378 e. The van der Waals surface area contributed by atoms with Crippen molar-refractivity contribution in [2.45, 2.75) is 19.4 Å². The maximum absolute atomic E-state index is 13.1. The van der Waals surface area contributed by atoms with Crippen molar-refractivity contribution in [3.8, 4) is 0 Å². The summed E-state index contributed by atoms with van der Waals surface area (Å²) >= 11 is 0. The number of anilines is 1. The Labute approximate surface area is 169 Å². The van der Waals surface area contributed by atoms with Gasteiger partial charge in [-0.25, -0.2) is 9.97 Å². The average molecular weight is 391 g/mol. The van der Waals surface area contributed by atoms with Gasteiger partial charge in [0.1, 0.15) is 0 Å². The molecule has 1 saturated heterocycles. The number of aryl methyl sites for hydroxylation is 1. The third kappa shape index (κ3) is 3.46. The number of rotatable bonds is 3. The molecule has 0 spiro atoms. The van der Waals surface area contributed by atoms with Gasteiger partial charge in [0.05, 0.1) is 31.9 Å². The molecule has 0 bridgehead atoms. The van der Waals surface area contributed by atoms with Gasteiger partial charge in [0.2, 0.25) is 11.9 Å². The first-order chi connectivity index (χ1) is 14.2. The van der Waals surface area contributed by atoms with Gasteiger partial charge in [-0.3, -0.25) is 4.79 Å². The lowest BCUT2D eigenvalue weighted by Gasteiger charge is -2.30. The fraction of sp³-hybridized carbons (Fsp3) is 0.409. The Kier molecular flexibility index (Phi) is 4.67. The molecule has 0 aliphatic carbocycles. The molecule has 1 amide bonds. The maximum Gasteiger partial charge on any atom is 0.227 e. The quantitative estimate of drug-likeness (QED) is 0.683. The number of aromatic nitrogens is 3. The Bertz CT molecular complexity index is 1050. The lowest BCUT2D eigenvalue weighted by molar-refractivity contribution is -0.131. The molecule has 0 N–H and O–H groups in total. The van der Waals surface area contributed by atoms with Crippen LogP contribution in [-0.2, 0) is 36.0 Å². The lowest BCUT2D eigenvalue weighted by Crippen LogP contribution is -2.39. The van der Waals surface area contributed by atoms with Crippen LogP contribution in [0.4, 0.5) is 5.95 Å². The standard InChI is InChI=1S/C22H25N5O2/c1-25-14-17(18-4-2-3-5-20(18)25)12-21(28)27-7-6-16-13-23-22(24-19(16)15-27)26-8-10-29-11-9-26/h2-5,13-14H,6-12,15H2,1H3. The number of hydrogen-bond acceptors (Lipinski definition) is 5. The lowest BCUT2D eigenvalue weighted by atomic mass is 10.1. The van der Waals surface area contributed by atoms with E-state index in [9.17, 15) is 4.79 Å². The van der Waals surface area contributed by atoms with E-state index in [0.717, 1.165) is 59.7 Å². The summed E-state index contributed by atoms with van der Waals surface area (Å²) in [7, 11) is 2.03. The van der Waals surface area contributed by atoms with Crippen molar-refractivity contribution < 1.29 is 9.53 Å². The van der Waals surface area contributed by atoms with Gasteiger partial charge in [-0.15, -0.1) is 0 Å². The minimum Gasteiger partial charge on any atom is -0.378 e. The van der Waals surface area contributed by atoms with Gasteiger partial charge in [-0.05, 0) is 23.6 Å². The van der Waals surface area contributed by atoms with Gasteiger partial charge >= 0.3 is 0 Å².